The summed E-state index contributed by atoms with van der Waals surface area (Å²) in [5, 5.41) is 11.7. The monoisotopic (exact) mass is 295 g/mol. The van der Waals surface area contributed by atoms with Gasteiger partial charge in [0.25, 0.3) is 5.91 Å². The smallest absolute Gasteiger partial charge is 0.256 e. The summed E-state index contributed by atoms with van der Waals surface area (Å²) in [5.74, 6) is -0.898. The van der Waals surface area contributed by atoms with E-state index >= 15 is 0 Å². The zero-order valence-corrected chi connectivity index (χ0v) is 11.8. The quantitative estimate of drug-likeness (QED) is 0.898. The Balaban J connectivity index is 2.43. The number of carbonyl (C=O) groups excluding carboxylic acids is 2. The minimum absolute atomic E-state index is 0.105. The van der Waals surface area contributed by atoms with Crippen molar-refractivity contribution in [1.29, 1.82) is 5.26 Å². The van der Waals surface area contributed by atoms with Crippen molar-refractivity contribution < 1.29 is 14.3 Å². The molecule has 0 unspecified atom stereocenters. The van der Waals surface area contributed by atoms with Crippen molar-refractivity contribution in [3.8, 4) is 11.8 Å². The molecule has 0 atom stereocenters. The van der Waals surface area contributed by atoms with Crippen LogP contribution >= 0.6 is 0 Å². The van der Waals surface area contributed by atoms with Crippen molar-refractivity contribution in [2.45, 2.75) is 0 Å². The number of nitrogens with zero attached hydrogens (tertiary/aromatic N) is 1. The van der Waals surface area contributed by atoms with Gasteiger partial charge in [-0.1, -0.05) is 18.2 Å². The Bertz CT molecular complexity index is 778. The van der Waals surface area contributed by atoms with Gasteiger partial charge in [-0.25, -0.2) is 0 Å². The van der Waals surface area contributed by atoms with Crippen LogP contribution in [0.25, 0.3) is 0 Å². The SMILES string of the molecule is COc1cccc(C#N)c1NC(=O)c1ccccc1C(N)=O. The third kappa shape index (κ3) is 2.88. The predicted octanol–water partition coefficient (Wildman–Crippen LogP) is 1.92. The largest absolute Gasteiger partial charge is 0.495 e. The number of nitriles is 1. The van der Waals surface area contributed by atoms with Crippen molar-refractivity contribution in [2.75, 3.05) is 12.4 Å². The molecule has 0 saturated heterocycles. The van der Waals surface area contributed by atoms with E-state index in [9.17, 15) is 9.59 Å². The second-order valence-corrected chi connectivity index (χ2v) is 4.36. The third-order valence-electron chi connectivity index (χ3n) is 3.04. The molecule has 2 aromatic carbocycles. The summed E-state index contributed by atoms with van der Waals surface area (Å²) in [6.45, 7) is 0. The van der Waals surface area contributed by atoms with Gasteiger partial charge in [-0.3, -0.25) is 9.59 Å². The lowest BCUT2D eigenvalue weighted by molar-refractivity contribution is 0.0977. The van der Waals surface area contributed by atoms with Crippen LogP contribution in [0.3, 0.4) is 0 Å². The Hall–Kier alpha value is -3.33. The molecule has 22 heavy (non-hydrogen) atoms. The number of methoxy groups -OCH3 is 1. The molecule has 0 aliphatic carbocycles. The van der Waals surface area contributed by atoms with E-state index in [2.05, 4.69) is 5.32 Å². The number of benzene rings is 2. The lowest BCUT2D eigenvalue weighted by atomic mass is 10.1. The molecule has 6 heteroatoms. The Morgan fingerprint density at radius 1 is 1.14 bits per heavy atom. The fraction of sp³-hybridized carbons (Fsp3) is 0.0625. The van der Waals surface area contributed by atoms with Crippen LogP contribution in [0.4, 0.5) is 5.69 Å². The van der Waals surface area contributed by atoms with Gasteiger partial charge in [0.15, 0.2) is 0 Å². The van der Waals surface area contributed by atoms with E-state index in [0.29, 0.717) is 5.75 Å². The second kappa shape index (κ2) is 6.41. The van der Waals surface area contributed by atoms with Crippen LogP contribution in [0.1, 0.15) is 26.3 Å². The van der Waals surface area contributed by atoms with Gasteiger partial charge in [-0.05, 0) is 24.3 Å². The van der Waals surface area contributed by atoms with Gasteiger partial charge in [-0.2, -0.15) is 5.26 Å². The Morgan fingerprint density at radius 2 is 1.82 bits per heavy atom. The van der Waals surface area contributed by atoms with E-state index in [1.165, 1.54) is 19.2 Å². The molecule has 0 spiro atoms. The van der Waals surface area contributed by atoms with E-state index < -0.39 is 11.8 Å². The Morgan fingerprint density at radius 3 is 2.41 bits per heavy atom. The average Bonchev–Trinajstić information content (AvgIpc) is 2.54. The highest BCUT2D eigenvalue weighted by molar-refractivity contribution is 6.12. The van der Waals surface area contributed by atoms with Gasteiger partial charge in [0.1, 0.15) is 17.5 Å². The molecular formula is C16H13N3O3. The summed E-state index contributed by atoms with van der Waals surface area (Å²) in [4.78, 5) is 23.8. The molecule has 0 bridgehead atoms. The minimum Gasteiger partial charge on any atom is -0.495 e. The van der Waals surface area contributed by atoms with Gasteiger partial charge < -0.3 is 15.8 Å². The average molecular weight is 295 g/mol. The van der Waals surface area contributed by atoms with Gasteiger partial charge in [0.2, 0.25) is 5.91 Å². The number of para-hydroxylation sites is 1. The molecule has 2 rings (SSSR count). The molecule has 2 aromatic rings. The molecular weight excluding hydrogens is 282 g/mol. The maximum absolute atomic E-state index is 12.4. The number of ether oxygens (including phenoxy) is 1. The molecule has 2 amide bonds. The van der Waals surface area contributed by atoms with Gasteiger partial charge in [0, 0.05) is 0 Å². The first-order valence-corrected chi connectivity index (χ1v) is 6.35. The molecule has 6 nitrogen and oxygen atoms in total. The maximum Gasteiger partial charge on any atom is 0.256 e. The first-order chi connectivity index (χ1) is 10.6. The summed E-state index contributed by atoms with van der Waals surface area (Å²) < 4.78 is 5.14. The number of rotatable bonds is 4. The highest BCUT2D eigenvalue weighted by Crippen LogP contribution is 2.28. The van der Waals surface area contributed by atoms with E-state index in [4.69, 9.17) is 15.7 Å². The van der Waals surface area contributed by atoms with Crippen LogP contribution in [0.15, 0.2) is 42.5 Å². The van der Waals surface area contributed by atoms with Crippen LogP contribution in [-0.4, -0.2) is 18.9 Å². The van der Waals surface area contributed by atoms with Crippen LogP contribution in [0.2, 0.25) is 0 Å². The molecule has 0 heterocycles. The van der Waals surface area contributed by atoms with Crippen molar-refractivity contribution >= 4 is 17.5 Å². The molecule has 0 radical (unpaired) electrons. The van der Waals surface area contributed by atoms with E-state index in [1.54, 1.807) is 30.3 Å². The van der Waals surface area contributed by atoms with Crippen molar-refractivity contribution in [3.05, 3.63) is 59.2 Å². The lowest BCUT2D eigenvalue weighted by Crippen LogP contribution is -2.20. The van der Waals surface area contributed by atoms with E-state index in [-0.39, 0.29) is 22.4 Å². The maximum atomic E-state index is 12.4. The number of carbonyl (C=O) groups is 2. The number of hydrogen-bond donors (Lipinski definition) is 2. The van der Waals surface area contributed by atoms with Crippen LogP contribution in [0.5, 0.6) is 5.75 Å². The highest BCUT2D eigenvalue weighted by atomic mass is 16.5. The fourth-order valence-electron chi connectivity index (χ4n) is 2.00. The Kier molecular flexibility index (Phi) is 4.39. The van der Waals surface area contributed by atoms with Crippen LogP contribution in [-0.2, 0) is 0 Å². The predicted molar refractivity (Wildman–Crippen MR) is 80.6 cm³/mol. The number of anilines is 1. The topological polar surface area (TPSA) is 105 Å². The van der Waals surface area contributed by atoms with Crippen molar-refractivity contribution in [2.24, 2.45) is 5.73 Å². The molecule has 0 aliphatic rings. The van der Waals surface area contributed by atoms with Crippen LogP contribution < -0.4 is 15.8 Å². The second-order valence-electron chi connectivity index (χ2n) is 4.36. The zero-order valence-electron chi connectivity index (χ0n) is 11.8. The molecule has 0 aromatic heterocycles. The van der Waals surface area contributed by atoms with E-state index in [1.807, 2.05) is 6.07 Å². The van der Waals surface area contributed by atoms with Gasteiger partial charge >= 0.3 is 0 Å². The molecule has 0 aliphatic heterocycles. The molecule has 0 fully saturated rings. The zero-order chi connectivity index (χ0) is 16.1. The number of amides is 2. The summed E-state index contributed by atoms with van der Waals surface area (Å²) in [7, 11) is 1.43. The van der Waals surface area contributed by atoms with Crippen LogP contribution in [0, 0.1) is 11.3 Å². The lowest BCUT2D eigenvalue weighted by Gasteiger charge is -2.12. The first kappa shape index (κ1) is 15.1. The minimum atomic E-state index is -0.703. The van der Waals surface area contributed by atoms with Gasteiger partial charge in [0.05, 0.1) is 23.8 Å². The molecule has 0 saturated carbocycles. The van der Waals surface area contributed by atoms with Crippen molar-refractivity contribution in [3.63, 3.8) is 0 Å². The number of nitrogens with two attached hydrogens (primary N) is 1. The Labute approximate surface area is 127 Å². The summed E-state index contributed by atoms with van der Waals surface area (Å²) in [6, 6.07) is 13.0. The highest BCUT2D eigenvalue weighted by Gasteiger charge is 2.18. The first-order valence-electron chi connectivity index (χ1n) is 6.35. The van der Waals surface area contributed by atoms with Crippen molar-refractivity contribution in [1.82, 2.24) is 0 Å². The molecule has 3 N–H and O–H groups in total. The summed E-state index contributed by atoms with van der Waals surface area (Å²) >= 11 is 0. The van der Waals surface area contributed by atoms with Gasteiger partial charge in [-0.15, -0.1) is 0 Å². The summed E-state index contributed by atoms with van der Waals surface area (Å²) in [5.41, 5.74) is 6.00. The normalized spacial score (nSPS) is 9.64. The number of primary amides is 1. The fourth-order valence-corrected chi connectivity index (χ4v) is 2.00. The third-order valence-corrected chi connectivity index (χ3v) is 3.04. The van der Waals surface area contributed by atoms with E-state index in [0.717, 1.165) is 0 Å². The number of nitrogens with one attached hydrogen (secondary N) is 1. The molecule has 110 valence electrons. The standard InChI is InChI=1S/C16H13N3O3/c1-22-13-8-4-5-10(9-17)14(13)19-16(21)12-7-3-2-6-11(12)15(18)20/h2-8H,1H3,(H2,18,20)(H,19,21). The number of hydrogen-bond acceptors (Lipinski definition) is 4. The summed E-state index contributed by atoms with van der Waals surface area (Å²) in [6.07, 6.45) is 0.